The maximum absolute atomic E-state index is 11.4. The second-order valence-corrected chi connectivity index (χ2v) is 6.47. The van der Waals surface area contributed by atoms with Crippen LogP contribution in [0, 0.1) is 0 Å². The van der Waals surface area contributed by atoms with E-state index in [1.165, 1.54) is 0 Å². The van der Waals surface area contributed by atoms with E-state index < -0.39 is 5.60 Å². The molecule has 0 amide bonds. The van der Waals surface area contributed by atoms with Crippen LogP contribution in [0.5, 0.6) is 0 Å². The standard InChI is InChI=1S/C17H33ClO7/c1-17(2,3)25-16(19)4-6-20-8-10-22-12-14-24-15-13-23-11-9-21-7-5-18/h4-15H2,1-3H3. The van der Waals surface area contributed by atoms with E-state index in [9.17, 15) is 4.79 Å². The Balaban J connectivity index is 3.13. The molecule has 0 heterocycles. The number of carbonyl (C=O) groups excluding carboxylic acids is 1. The van der Waals surface area contributed by atoms with Gasteiger partial charge in [-0.2, -0.15) is 0 Å². The van der Waals surface area contributed by atoms with E-state index in [4.69, 9.17) is 40.0 Å². The SMILES string of the molecule is CC(C)(C)OC(=O)CCOCCOCCOCCOCCOCCCl. The number of ether oxygens (including phenoxy) is 6. The van der Waals surface area contributed by atoms with Gasteiger partial charge >= 0.3 is 5.97 Å². The zero-order valence-corrected chi connectivity index (χ0v) is 16.5. The minimum atomic E-state index is -0.455. The number of rotatable bonds is 17. The molecule has 0 aliphatic heterocycles. The molecule has 0 aromatic rings. The zero-order valence-electron chi connectivity index (χ0n) is 15.7. The van der Waals surface area contributed by atoms with Gasteiger partial charge < -0.3 is 28.4 Å². The monoisotopic (exact) mass is 384 g/mol. The van der Waals surface area contributed by atoms with Crippen LogP contribution in [-0.2, 0) is 33.2 Å². The number of esters is 1. The van der Waals surface area contributed by atoms with Crippen molar-refractivity contribution in [3.05, 3.63) is 0 Å². The van der Waals surface area contributed by atoms with Gasteiger partial charge in [0.05, 0.1) is 72.5 Å². The van der Waals surface area contributed by atoms with Crippen molar-refractivity contribution in [2.24, 2.45) is 0 Å². The second kappa shape index (κ2) is 17.0. The van der Waals surface area contributed by atoms with E-state index in [-0.39, 0.29) is 12.4 Å². The molecule has 0 aliphatic rings. The molecular weight excluding hydrogens is 352 g/mol. The average Bonchev–Trinajstić information content (AvgIpc) is 2.53. The van der Waals surface area contributed by atoms with Crippen molar-refractivity contribution in [3.8, 4) is 0 Å². The Morgan fingerprint density at radius 1 is 0.680 bits per heavy atom. The Labute approximate surface area is 156 Å². The first kappa shape index (κ1) is 24.6. The summed E-state index contributed by atoms with van der Waals surface area (Å²) in [6.45, 7) is 10.4. The number of halogens is 1. The largest absolute Gasteiger partial charge is 0.460 e. The van der Waals surface area contributed by atoms with Gasteiger partial charge in [0.1, 0.15) is 5.60 Å². The molecule has 0 radical (unpaired) electrons. The molecule has 0 saturated carbocycles. The predicted molar refractivity (Wildman–Crippen MR) is 95.3 cm³/mol. The van der Waals surface area contributed by atoms with Gasteiger partial charge in [-0.05, 0) is 20.8 Å². The smallest absolute Gasteiger partial charge is 0.308 e. The molecular formula is C17H33ClO7. The number of alkyl halides is 1. The third-order valence-corrected chi connectivity index (χ3v) is 2.73. The van der Waals surface area contributed by atoms with Crippen LogP contribution < -0.4 is 0 Å². The van der Waals surface area contributed by atoms with E-state index in [2.05, 4.69) is 0 Å². The minimum absolute atomic E-state index is 0.247. The molecule has 0 bridgehead atoms. The Kier molecular flexibility index (Phi) is 16.7. The van der Waals surface area contributed by atoms with Gasteiger partial charge in [-0.1, -0.05) is 0 Å². The molecule has 150 valence electrons. The fraction of sp³-hybridized carbons (Fsp3) is 0.941. The van der Waals surface area contributed by atoms with Crippen molar-refractivity contribution in [1.29, 1.82) is 0 Å². The Bertz CT molecular complexity index is 308. The lowest BCUT2D eigenvalue weighted by atomic mass is 10.2. The third kappa shape index (κ3) is 21.5. The van der Waals surface area contributed by atoms with E-state index >= 15 is 0 Å². The van der Waals surface area contributed by atoms with Gasteiger partial charge in [-0.25, -0.2) is 0 Å². The number of hydrogen-bond acceptors (Lipinski definition) is 7. The van der Waals surface area contributed by atoms with Crippen molar-refractivity contribution in [3.63, 3.8) is 0 Å². The molecule has 0 rings (SSSR count). The quantitative estimate of drug-likeness (QED) is 0.216. The Morgan fingerprint density at radius 2 is 1.04 bits per heavy atom. The Hall–Kier alpha value is -0.440. The fourth-order valence-corrected chi connectivity index (χ4v) is 1.69. The van der Waals surface area contributed by atoms with E-state index in [0.29, 0.717) is 71.9 Å². The summed E-state index contributed by atoms with van der Waals surface area (Å²) in [6, 6.07) is 0. The molecule has 7 nitrogen and oxygen atoms in total. The summed E-state index contributed by atoms with van der Waals surface area (Å²) in [4.78, 5) is 11.4. The zero-order chi connectivity index (χ0) is 18.8. The molecule has 0 atom stereocenters. The molecule has 0 N–H and O–H groups in total. The van der Waals surface area contributed by atoms with Crippen LogP contribution in [0.3, 0.4) is 0 Å². The maximum atomic E-state index is 11.4. The van der Waals surface area contributed by atoms with Crippen molar-refractivity contribution < 1.29 is 33.2 Å². The van der Waals surface area contributed by atoms with Crippen LogP contribution in [0.1, 0.15) is 27.2 Å². The van der Waals surface area contributed by atoms with Crippen molar-refractivity contribution in [2.75, 3.05) is 71.9 Å². The van der Waals surface area contributed by atoms with Crippen molar-refractivity contribution in [2.45, 2.75) is 32.8 Å². The third-order valence-electron chi connectivity index (χ3n) is 2.58. The number of hydrogen-bond donors (Lipinski definition) is 0. The maximum Gasteiger partial charge on any atom is 0.308 e. The average molecular weight is 385 g/mol. The lowest BCUT2D eigenvalue weighted by Crippen LogP contribution is -2.24. The first-order valence-corrected chi connectivity index (χ1v) is 9.15. The molecule has 0 fully saturated rings. The van der Waals surface area contributed by atoms with Gasteiger partial charge in [0.2, 0.25) is 0 Å². The van der Waals surface area contributed by atoms with Crippen molar-refractivity contribution in [1.82, 2.24) is 0 Å². The Morgan fingerprint density at radius 3 is 1.40 bits per heavy atom. The summed E-state index contributed by atoms with van der Waals surface area (Å²) in [6.07, 6.45) is 0.247. The summed E-state index contributed by atoms with van der Waals surface area (Å²) in [5.74, 6) is 0.243. The fourth-order valence-electron chi connectivity index (χ4n) is 1.58. The molecule has 0 aliphatic carbocycles. The molecule has 0 spiro atoms. The summed E-state index contributed by atoms with van der Waals surface area (Å²) in [5, 5.41) is 0. The molecule has 25 heavy (non-hydrogen) atoms. The normalized spacial score (nSPS) is 11.7. The van der Waals surface area contributed by atoms with E-state index in [1.54, 1.807) is 0 Å². The van der Waals surface area contributed by atoms with Crippen molar-refractivity contribution >= 4 is 17.6 Å². The van der Waals surface area contributed by atoms with Gasteiger partial charge in [-0.3, -0.25) is 4.79 Å². The first-order valence-electron chi connectivity index (χ1n) is 8.62. The highest BCUT2D eigenvalue weighted by Gasteiger charge is 2.15. The molecule has 8 heteroatoms. The van der Waals surface area contributed by atoms with Gasteiger partial charge in [0, 0.05) is 5.88 Å². The predicted octanol–water partition coefficient (Wildman–Crippen LogP) is 2.04. The molecule has 0 aromatic heterocycles. The number of carbonyl (C=O) groups is 1. The molecule has 0 saturated heterocycles. The molecule has 0 unspecified atom stereocenters. The van der Waals surface area contributed by atoms with Crippen LogP contribution in [0.15, 0.2) is 0 Å². The van der Waals surface area contributed by atoms with E-state index in [0.717, 1.165) is 0 Å². The van der Waals surface area contributed by atoms with Gasteiger partial charge in [0.25, 0.3) is 0 Å². The summed E-state index contributed by atoms with van der Waals surface area (Å²) < 4.78 is 31.7. The highest BCUT2D eigenvalue weighted by atomic mass is 35.5. The lowest BCUT2D eigenvalue weighted by Gasteiger charge is -2.19. The van der Waals surface area contributed by atoms with Gasteiger partial charge in [0.15, 0.2) is 0 Å². The van der Waals surface area contributed by atoms with E-state index in [1.807, 2.05) is 20.8 Å². The highest BCUT2D eigenvalue weighted by Crippen LogP contribution is 2.07. The summed E-state index contributed by atoms with van der Waals surface area (Å²) in [5.41, 5.74) is -0.455. The minimum Gasteiger partial charge on any atom is -0.460 e. The van der Waals surface area contributed by atoms with Crippen LogP contribution in [0.25, 0.3) is 0 Å². The summed E-state index contributed by atoms with van der Waals surface area (Å²) >= 11 is 5.47. The second-order valence-electron chi connectivity index (χ2n) is 6.09. The summed E-state index contributed by atoms with van der Waals surface area (Å²) in [7, 11) is 0. The highest BCUT2D eigenvalue weighted by molar-refractivity contribution is 6.17. The van der Waals surface area contributed by atoms with Crippen LogP contribution in [-0.4, -0.2) is 83.5 Å². The van der Waals surface area contributed by atoms with Crippen LogP contribution in [0.4, 0.5) is 0 Å². The topological polar surface area (TPSA) is 72.5 Å². The van der Waals surface area contributed by atoms with Gasteiger partial charge in [-0.15, -0.1) is 11.6 Å². The van der Waals surface area contributed by atoms with Crippen LogP contribution >= 0.6 is 11.6 Å². The molecule has 0 aromatic carbocycles. The lowest BCUT2D eigenvalue weighted by molar-refractivity contribution is -0.156. The first-order chi connectivity index (χ1) is 12.0. The van der Waals surface area contributed by atoms with Crippen LogP contribution in [0.2, 0.25) is 0 Å².